The summed E-state index contributed by atoms with van der Waals surface area (Å²) in [6.07, 6.45) is 0.473. The molecule has 1 heterocycles. The molecule has 1 aliphatic rings. The summed E-state index contributed by atoms with van der Waals surface area (Å²) in [5.41, 5.74) is 2.15. The summed E-state index contributed by atoms with van der Waals surface area (Å²) in [4.78, 5) is 11.8. The number of nitrogens with zero attached hydrogens (tertiary/aromatic N) is 1. The average molecular weight is 467 g/mol. The maximum atomic E-state index is 13.8. The Labute approximate surface area is 194 Å². The highest BCUT2D eigenvalue weighted by atomic mass is 32.2. The van der Waals surface area contributed by atoms with E-state index in [4.69, 9.17) is 9.47 Å². The predicted octanol–water partition coefficient (Wildman–Crippen LogP) is 3.85. The van der Waals surface area contributed by atoms with Crippen LogP contribution >= 0.6 is 0 Å². The van der Waals surface area contributed by atoms with Gasteiger partial charge in [-0.15, -0.1) is 0 Å². The van der Waals surface area contributed by atoms with Crippen LogP contribution in [-0.4, -0.2) is 38.4 Å². The van der Waals surface area contributed by atoms with E-state index in [1.54, 1.807) is 13.2 Å². The number of methoxy groups -OCH3 is 1. The van der Waals surface area contributed by atoms with Crippen molar-refractivity contribution in [1.29, 1.82) is 0 Å². The van der Waals surface area contributed by atoms with Gasteiger partial charge in [-0.2, -0.15) is 4.31 Å². The molecule has 0 bridgehead atoms. The molecule has 8 heteroatoms. The third-order valence-corrected chi connectivity index (χ3v) is 7.53. The molecule has 4 rings (SSSR count). The molecule has 1 atom stereocenters. The Balaban J connectivity index is 1.70. The van der Waals surface area contributed by atoms with Gasteiger partial charge in [0, 0.05) is 12.6 Å². The molecule has 3 aromatic carbocycles. The minimum Gasteiger partial charge on any atom is -0.496 e. The summed E-state index contributed by atoms with van der Waals surface area (Å²) in [5, 5.41) is 2.68. The first-order valence-electron chi connectivity index (χ1n) is 10.6. The summed E-state index contributed by atoms with van der Waals surface area (Å²) in [6, 6.07) is 21.2. The van der Waals surface area contributed by atoms with Crippen LogP contribution in [0, 0.1) is 0 Å². The van der Waals surface area contributed by atoms with E-state index in [2.05, 4.69) is 5.32 Å². The fraction of sp³-hybridized carbons (Fsp3) is 0.240. The molecule has 0 radical (unpaired) electrons. The molecular formula is C25H26N2O5S. The van der Waals surface area contributed by atoms with Gasteiger partial charge in [0.1, 0.15) is 11.5 Å². The maximum absolute atomic E-state index is 13.8. The zero-order chi connectivity index (χ0) is 23.4. The van der Waals surface area contributed by atoms with Crippen molar-refractivity contribution in [3.63, 3.8) is 0 Å². The standard InChI is InChI=1S/C25H26N2O5S/c1-18(14-20-10-6-7-11-23(20)31-2)27(16-19-8-4-3-5-9-19)33(29,30)21-12-13-24-22(15-21)26-25(28)17-32-24/h3-13,15,18H,14,16-17H2,1-2H3,(H,26,28)/t18-/m1/s1. The van der Waals surface area contributed by atoms with Crippen LogP contribution in [-0.2, 0) is 27.8 Å². The Hall–Kier alpha value is -3.36. The lowest BCUT2D eigenvalue weighted by Crippen LogP contribution is -2.39. The van der Waals surface area contributed by atoms with Crippen molar-refractivity contribution < 1.29 is 22.7 Å². The van der Waals surface area contributed by atoms with E-state index in [0.29, 0.717) is 17.9 Å². The third kappa shape index (κ3) is 5.02. The SMILES string of the molecule is COc1ccccc1C[C@@H](C)N(Cc1ccccc1)S(=O)(=O)c1ccc2c(c1)NC(=O)CO2. The zero-order valence-electron chi connectivity index (χ0n) is 18.5. The van der Waals surface area contributed by atoms with Crippen LogP contribution in [0.2, 0.25) is 0 Å². The third-order valence-electron chi connectivity index (χ3n) is 5.57. The lowest BCUT2D eigenvalue weighted by molar-refractivity contribution is -0.118. The molecule has 0 saturated carbocycles. The van der Waals surface area contributed by atoms with Crippen molar-refractivity contribution in [2.75, 3.05) is 19.0 Å². The van der Waals surface area contributed by atoms with E-state index in [9.17, 15) is 13.2 Å². The topological polar surface area (TPSA) is 84.9 Å². The Morgan fingerprint density at radius 1 is 1.06 bits per heavy atom. The summed E-state index contributed by atoms with van der Waals surface area (Å²) in [7, 11) is -2.30. The summed E-state index contributed by atoms with van der Waals surface area (Å²) < 4.78 is 40.0. The number of fused-ring (bicyclic) bond motifs is 1. The molecule has 1 N–H and O–H groups in total. The molecule has 172 valence electrons. The van der Waals surface area contributed by atoms with E-state index in [1.165, 1.54) is 16.4 Å². The number of nitrogens with one attached hydrogen (secondary N) is 1. The number of ether oxygens (including phenoxy) is 2. The lowest BCUT2D eigenvalue weighted by atomic mass is 10.1. The molecular weight excluding hydrogens is 440 g/mol. The molecule has 0 aromatic heterocycles. The lowest BCUT2D eigenvalue weighted by Gasteiger charge is -2.29. The molecule has 0 spiro atoms. The first-order valence-corrected chi connectivity index (χ1v) is 12.1. The van der Waals surface area contributed by atoms with Crippen LogP contribution in [0.25, 0.3) is 0 Å². The maximum Gasteiger partial charge on any atom is 0.262 e. The van der Waals surface area contributed by atoms with Gasteiger partial charge in [-0.05, 0) is 48.7 Å². The quantitative estimate of drug-likeness (QED) is 0.545. The van der Waals surface area contributed by atoms with Gasteiger partial charge < -0.3 is 14.8 Å². The van der Waals surface area contributed by atoms with E-state index in [-0.39, 0.29) is 30.0 Å². The molecule has 1 amide bonds. The van der Waals surface area contributed by atoms with E-state index in [0.717, 1.165) is 16.9 Å². The molecule has 0 aliphatic carbocycles. The number of sulfonamides is 1. The molecule has 0 fully saturated rings. The largest absolute Gasteiger partial charge is 0.496 e. The van der Waals surface area contributed by atoms with Crippen molar-refractivity contribution in [1.82, 2.24) is 4.31 Å². The second-order valence-electron chi connectivity index (χ2n) is 7.90. The average Bonchev–Trinajstić information content (AvgIpc) is 2.82. The summed E-state index contributed by atoms with van der Waals surface area (Å²) in [6.45, 7) is 2.00. The number of anilines is 1. The second kappa shape index (κ2) is 9.64. The van der Waals surface area contributed by atoms with Crippen LogP contribution in [0.4, 0.5) is 5.69 Å². The van der Waals surface area contributed by atoms with Crippen molar-refractivity contribution in [3.05, 3.63) is 83.9 Å². The van der Waals surface area contributed by atoms with Gasteiger partial charge in [0.2, 0.25) is 10.0 Å². The van der Waals surface area contributed by atoms with Gasteiger partial charge in [0.15, 0.2) is 6.61 Å². The van der Waals surface area contributed by atoms with E-state index >= 15 is 0 Å². The van der Waals surface area contributed by atoms with E-state index < -0.39 is 10.0 Å². The van der Waals surface area contributed by atoms with E-state index in [1.807, 2.05) is 61.5 Å². The van der Waals surface area contributed by atoms with Gasteiger partial charge in [-0.1, -0.05) is 48.5 Å². The highest BCUT2D eigenvalue weighted by Crippen LogP contribution is 2.33. The van der Waals surface area contributed by atoms with Crippen molar-refractivity contribution >= 4 is 21.6 Å². The second-order valence-corrected chi connectivity index (χ2v) is 9.79. The van der Waals surface area contributed by atoms with Crippen molar-refractivity contribution in [2.24, 2.45) is 0 Å². The number of hydrogen-bond acceptors (Lipinski definition) is 5. The first kappa shape index (κ1) is 22.8. The minimum absolute atomic E-state index is 0.0881. The molecule has 3 aromatic rings. The zero-order valence-corrected chi connectivity index (χ0v) is 19.3. The number of carbonyl (C=O) groups excluding carboxylic acids is 1. The Bertz CT molecular complexity index is 1240. The monoisotopic (exact) mass is 466 g/mol. The number of rotatable bonds is 8. The highest BCUT2D eigenvalue weighted by Gasteiger charge is 2.31. The van der Waals surface area contributed by atoms with Crippen molar-refractivity contribution in [3.8, 4) is 11.5 Å². The van der Waals surface area contributed by atoms with Crippen LogP contribution < -0.4 is 14.8 Å². The Morgan fingerprint density at radius 3 is 2.55 bits per heavy atom. The number of carbonyl (C=O) groups is 1. The smallest absolute Gasteiger partial charge is 0.262 e. The minimum atomic E-state index is -3.90. The Morgan fingerprint density at radius 2 is 1.79 bits per heavy atom. The predicted molar refractivity (Wildman–Crippen MR) is 126 cm³/mol. The first-order chi connectivity index (χ1) is 15.9. The van der Waals surface area contributed by atoms with Crippen molar-refractivity contribution in [2.45, 2.75) is 30.8 Å². The number of benzene rings is 3. The number of amides is 1. The molecule has 1 aliphatic heterocycles. The van der Waals surface area contributed by atoms with Gasteiger partial charge in [-0.25, -0.2) is 8.42 Å². The normalized spacial score (nSPS) is 14.2. The fourth-order valence-electron chi connectivity index (χ4n) is 3.89. The van der Waals surface area contributed by atoms with Crippen LogP contribution in [0.15, 0.2) is 77.7 Å². The summed E-state index contributed by atoms with van der Waals surface area (Å²) >= 11 is 0. The number of para-hydroxylation sites is 1. The van der Waals surface area contributed by atoms with Crippen LogP contribution in [0.3, 0.4) is 0 Å². The molecule has 7 nitrogen and oxygen atoms in total. The van der Waals surface area contributed by atoms with Gasteiger partial charge in [0.05, 0.1) is 17.7 Å². The van der Waals surface area contributed by atoms with Gasteiger partial charge in [-0.3, -0.25) is 4.79 Å². The van der Waals surface area contributed by atoms with Gasteiger partial charge >= 0.3 is 0 Å². The molecule has 33 heavy (non-hydrogen) atoms. The summed E-state index contributed by atoms with van der Waals surface area (Å²) in [5.74, 6) is 0.850. The van der Waals surface area contributed by atoms with Crippen LogP contribution in [0.5, 0.6) is 11.5 Å². The van der Waals surface area contributed by atoms with Gasteiger partial charge in [0.25, 0.3) is 5.91 Å². The highest BCUT2D eigenvalue weighted by molar-refractivity contribution is 7.89. The fourth-order valence-corrected chi connectivity index (χ4v) is 5.54. The number of hydrogen-bond donors (Lipinski definition) is 1. The molecule has 0 saturated heterocycles. The molecule has 0 unspecified atom stereocenters. The Kier molecular flexibility index (Phi) is 6.67. The van der Waals surface area contributed by atoms with Crippen LogP contribution in [0.1, 0.15) is 18.1 Å².